The van der Waals surface area contributed by atoms with Gasteiger partial charge in [-0.25, -0.2) is 0 Å². The Hall–Kier alpha value is -1.01. The van der Waals surface area contributed by atoms with Crippen LogP contribution in [0.5, 0.6) is 5.75 Å². The Morgan fingerprint density at radius 3 is 2.47 bits per heavy atom. The van der Waals surface area contributed by atoms with Crippen LogP contribution in [0.25, 0.3) is 0 Å². The third kappa shape index (κ3) is 3.30. The second-order valence-corrected chi connectivity index (χ2v) is 5.90. The fourth-order valence-electron chi connectivity index (χ4n) is 1.85. The van der Waals surface area contributed by atoms with Gasteiger partial charge in [0.25, 0.3) is 0 Å². The maximum atomic E-state index is 5.85. The number of rotatable bonds is 4. The van der Waals surface area contributed by atoms with Gasteiger partial charge >= 0.3 is 0 Å². The van der Waals surface area contributed by atoms with Gasteiger partial charge in [0, 0.05) is 12.2 Å². The Balaban J connectivity index is 2.19. The summed E-state index contributed by atoms with van der Waals surface area (Å²) in [5.41, 5.74) is 8.48. The normalized spacial score (nSPS) is 10.7. The number of anilines is 1. The number of nitrogens with two attached hydrogens (primary N) is 1. The van der Waals surface area contributed by atoms with Crippen LogP contribution in [-0.4, -0.2) is 9.78 Å². The van der Waals surface area contributed by atoms with Crippen molar-refractivity contribution < 1.29 is 4.74 Å². The van der Waals surface area contributed by atoms with Crippen molar-refractivity contribution in [3.8, 4) is 5.75 Å². The van der Waals surface area contributed by atoms with Crippen molar-refractivity contribution in [2.24, 2.45) is 0 Å². The molecule has 0 aliphatic carbocycles. The van der Waals surface area contributed by atoms with Crippen LogP contribution < -0.4 is 10.5 Å². The summed E-state index contributed by atoms with van der Waals surface area (Å²) in [5.74, 6) is 0.746. The summed E-state index contributed by atoms with van der Waals surface area (Å²) in [4.78, 5) is 0. The molecular formula is C13H15Br2N3O. The second kappa shape index (κ2) is 5.96. The molecule has 1 heterocycles. The van der Waals surface area contributed by atoms with Crippen molar-refractivity contribution in [1.29, 1.82) is 0 Å². The van der Waals surface area contributed by atoms with E-state index in [9.17, 15) is 0 Å². The molecule has 0 unspecified atom stereocenters. The van der Waals surface area contributed by atoms with Crippen molar-refractivity contribution in [1.82, 2.24) is 9.78 Å². The zero-order valence-electron chi connectivity index (χ0n) is 10.8. The molecule has 0 aliphatic rings. The fourth-order valence-corrected chi connectivity index (χ4v) is 3.30. The first-order valence-electron chi connectivity index (χ1n) is 5.92. The van der Waals surface area contributed by atoms with Gasteiger partial charge in [0.1, 0.15) is 12.4 Å². The molecule has 0 spiro atoms. The number of benzene rings is 1. The second-order valence-electron chi connectivity index (χ2n) is 4.20. The quantitative estimate of drug-likeness (QED) is 0.808. The van der Waals surface area contributed by atoms with E-state index >= 15 is 0 Å². The van der Waals surface area contributed by atoms with Gasteiger partial charge in [-0.15, -0.1) is 0 Å². The summed E-state index contributed by atoms with van der Waals surface area (Å²) >= 11 is 6.91. The van der Waals surface area contributed by atoms with Crippen molar-refractivity contribution in [2.75, 3.05) is 5.73 Å². The molecule has 2 aromatic rings. The van der Waals surface area contributed by atoms with Crippen molar-refractivity contribution in [3.63, 3.8) is 0 Å². The number of hydrogen-bond acceptors (Lipinski definition) is 3. The van der Waals surface area contributed by atoms with Gasteiger partial charge in [0.05, 0.1) is 20.3 Å². The molecule has 19 heavy (non-hydrogen) atoms. The minimum absolute atomic E-state index is 0.468. The lowest BCUT2D eigenvalue weighted by atomic mass is 10.3. The Morgan fingerprint density at radius 1 is 1.26 bits per heavy atom. The number of nitrogens with zero attached hydrogens (tertiary/aromatic N) is 2. The van der Waals surface area contributed by atoms with E-state index in [4.69, 9.17) is 10.5 Å². The lowest BCUT2D eigenvalue weighted by molar-refractivity contribution is 0.289. The molecular weight excluding hydrogens is 374 g/mol. The van der Waals surface area contributed by atoms with Crippen molar-refractivity contribution >= 4 is 37.5 Å². The number of aryl methyl sites for hydroxylation is 2. The average molecular weight is 389 g/mol. The zero-order valence-corrected chi connectivity index (χ0v) is 14.0. The van der Waals surface area contributed by atoms with Crippen LogP contribution in [-0.2, 0) is 13.2 Å². The predicted molar refractivity (Wildman–Crippen MR) is 83.2 cm³/mol. The molecule has 0 saturated carbocycles. The van der Waals surface area contributed by atoms with Gasteiger partial charge in [0.2, 0.25) is 0 Å². The number of halogens is 2. The Kier molecular flexibility index (Phi) is 4.52. The van der Waals surface area contributed by atoms with Crippen LogP contribution >= 0.6 is 31.9 Å². The predicted octanol–water partition coefficient (Wildman–Crippen LogP) is 3.90. The molecule has 0 radical (unpaired) electrons. The van der Waals surface area contributed by atoms with E-state index in [-0.39, 0.29) is 0 Å². The molecule has 0 aliphatic heterocycles. The van der Waals surface area contributed by atoms with E-state index in [1.165, 1.54) is 0 Å². The number of aromatic nitrogens is 2. The monoisotopic (exact) mass is 387 g/mol. The van der Waals surface area contributed by atoms with E-state index in [0.717, 1.165) is 32.6 Å². The van der Waals surface area contributed by atoms with Crippen LogP contribution in [0.1, 0.15) is 18.3 Å². The van der Waals surface area contributed by atoms with Gasteiger partial charge in [-0.2, -0.15) is 5.10 Å². The standard InChI is InChI=1S/C13H15Br2N3O/c1-3-18-10(4-8(2)17-18)7-19-13-11(14)5-9(16)6-12(13)15/h4-6H,3,7,16H2,1-2H3. The molecule has 0 atom stereocenters. The first-order chi connectivity index (χ1) is 9.01. The maximum Gasteiger partial charge on any atom is 0.148 e. The summed E-state index contributed by atoms with van der Waals surface area (Å²) in [7, 11) is 0. The van der Waals surface area contributed by atoms with Gasteiger partial charge in [-0.1, -0.05) is 0 Å². The molecule has 0 saturated heterocycles. The zero-order chi connectivity index (χ0) is 14.0. The smallest absolute Gasteiger partial charge is 0.148 e. The number of hydrogen-bond donors (Lipinski definition) is 1. The largest absolute Gasteiger partial charge is 0.485 e. The Bertz CT molecular complexity index is 573. The van der Waals surface area contributed by atoms with E-state index < -0.39 is 0 Å². The molecule has 0 amide bonds. The highest BCUT2D eigenvalue weighted by atomic mass is 79.9. The van der Waals surface area contributed by atoms with Crippen LogP contribution in [0.4, 0.5) is 5.69 Å². The van der Waals surface area contributed by atoms with Gasteiger partial charge in [-0.3, -0.25) is 4.68 Å². The van der Waals surface area contributed by atoms with Crippen LogP contribution in [0.2, 0.25) is 0 Å². The van der Waals surface area contributed by atoms with E-state index in [0.29, 0.717) is 12.3 Å². The lowest BCUT2D eigenvalue weighted by Gasteiger charge is -2.11. The minimum atomic E-state index is 0.468. The third-order valence-electron chi connectivity index (χ3n) is 2.67. The topological polar surface area (TPSA) is 53.1 Å². The maximum absolute atomic E-state index is 5.85. The highest BCUT2D eigenvalue weighted by molar-refractivity contribution is 9.11. The molecule has 6 heteroatoms. The van der Waals surface area contributed by atoms with Crippen LogP contribution in [0.3, 0.4) is 0 Å². The number of nitrogen functional groups attached to an aromatic ring is 1. The molecule has 2 N–H and O–H groups in total. The van der Waals surface area contributed by atoms with Crippen molar-refractivity contribution in [2.45, 2.75) is 27.0 Å². The van der Waals surface area contributed by atoms with Gasteiger partial charge < -0.3 is 10.5 Å². The first-order valence-corrected chi connectivity index (χ1v) is 7.50. The summed E-state index contributed by atoms with van der Waals surface area (Å²) in [5, 5.41) is 4.39. The van der Waals surface area contributed by atoms with Crippen LogP contribution in [0.15, 0.2) is 27.1 Å². The highest BCUT2D eigenvalue weighted by Crippen LogP contribution is 2.36. The van der Waals surface area contributed by atoms with Crippen LogP contribution in [0, 0.1) is 6.92 Å². The Morgan fingerprint density at radius 2 is 1.89 bits per heavy atom. The first kappa shape index (κ1) is 14.4. The molecule has 102 valence electrons. The fraction of sp³-hybridized carbons (Fsp3) is 0.308. The lowest BCUT2D eigenvalue weighted by Crippen LogP contribution is -2.06. The van der Waals surface area contributed by atoms with Gasteiger partial charge in [-0.05, 0) is 63.9 Å². The molecule has 4 nitrogen and oxygen atoms in total. The van der Waals surface area contributed by atoms with E-state index in [1.807, 2.05) is 29.8 Å². The highest BCUT2D eigenvalue weighted by Gasteiger charge is 2.10. The molecule has 2 rings (SSSR count). The summed E-state index contributed by atoms with van der Waals surface area (Å²) in [6, 6.07) is 5.67. The summed E-state index contributed by atoms with van der Waals surface area (Å²) in [6.45, 7) is 5.34. The summed E-state index contributed by atoms with van der Waals surface area (Å²) < 4.78 is 9.46. The van der Waals surface area contributed by atoms with Gasteiger partial charge in [0.15, 0.2) is 0 Å². The number of ether oxygens (including phenoxy) is 1. The van der Waals surface area contributed by atoms with E-state index in [2.05, 4.69) is 43.9 Å². The van der Waals surface area contributed by atoms with E-state index in [1.54, 1.807) is 0 Å². The minimum Gasteiger partial charge on any atom is -0.485 e. The molecule has 1 aromatic carbocycles. The SMILES string of the molecule is CCn1nc(C)cc1COc1c(Br)cc(N)cc1Br. The van der Waals surface area contributed by atoms with Crippen molar-refractivity contribution in [3.05, 3.63) is 38.5 Å². The Labute approximate surface area is 129 Å². The third-order valence-corrected chi connectivity index (χ3v) is 3.85. The molecule has 0 fully saturated rings. The molecule has 0 bridgehead atoms. The summed E-state index contributed by atoms with van der Waals surface area (Å²) in [6.07, 6.45) is 0. The average Bonchev–Trinajstić information content (AvgIpc) is 2.68. The molecule has 1 aromatic heterocycles.